The van der Waals surface area contributed by atoms with Gasteiger partial charge in [-0.2, -0.15) is 0 Å². The summed E-state index contributed by atoms with van der Waals surface area (Å²) in [4.78, 5) is 16.2. The van der Waals surface area contributed by atoms with Crippen LogP contribution in [0, 0.1) is 0 Å². The number of hydrogen-bond acceptors (Lipinski definition) is 3. The molecule has 0 atom stereocenters. The van der Waals surface area contributed by atoms with Crippen molar-refractivity contribution in [2.75, 3.05) is 0 Å². The summed E-state index contributed by atoms with van der Waals surface area (Å²) in [7, 11) is 0. The van der Waals surface area contributed by atoms with Crippen LogP contribution >= 0.6 is 0 Å². The third-order valence-corrected chi connectivity index (χ3v) is 10.9. The van der Waals surface area contributed by atoms with Crippen molar-refractivity contribution in [1.29, 1.82) is 0 Å². The first-order valence-corrected chi connectivity index (χ1v) is 20.3. The Labute approximate surface area is 351 Å². The van der Waals surface area contributed by atoms with Crippen molar-refractivity contribution >= 4 is 0 Å². The Bertz CT molecular complexity index is 2940. The van der Waals surface area contributed by atoms with Gasteiger partial charge < -0.3 is 0 Å². The lowest BCUT2D eigenvalue weighted by molar-refractivity contribution is 1.18. The van der Waals surface area contributed by atoms with Gasteiger partial charge in [-0.15, -0.1) is 0 Å². The second kappa shape index (κ2) is 16.5. The molecule has 2 heterocycles. The second-order valence-electron chi connectivity index (χ2n) is 14.7. The second-order valence-corrected chi connectivity index (χ2v) is 14.7. The molecule has 0 aliphatic heterocycles. The molecule has 0 N–H and O–H groups in total. The smallest absolute Gasteiger partial charge is 0.160 e. The highest BCUT2D eigenvalue weighted by atomic mass is 14.9. The maximum absolute atomic E-state index is 5.64. The van der Waals surface area contributed by atoms with Crippen molar-refractivity contribution in [3.8, 4) is 101 Å². The molecule has 0 fully saturated rings. The molecular formula is C57H39N3. The third kappa shape index (κ3) is 7.21. The Morgan fingerprint density at radius 3 is 1.12 bits per heavy atom. The Morgan fingerprint density at radius 2 is 0.600 bits per heavy atom. The van der Waals surface area contributed by atoms with Crippen LogP contribution in [0.25, 0.3) is 101 Å². The number of aromatic nitrogens is 3. The summed E-state index contributed by atoms with van der Waals surface area (Å²) in [6.45, 7) is 0. The lowest BCUT2D eigenvalue weighted by Crippen LogP contribution is -2.02. The van der Waals surface area contributed by atoms with Gasteiger partial charge in [0, 0.05) is 44.5 Å². The molecule has 0 spiro atoms. The Morgan fingerprint density at radius 1 is 0.217 bits per heavy atom. The zero-order valence-electron chi connectivity index (χ0n) is 32.9. The summed E-state index contributed by atoms with van der Waals surface area (Å²) in [6, 6.07) is 82.7. The highest BCUT2D eigenvalue weighted by molar-refractivity contribution is 6.05. The molecule has 10 aromatic rings. The van der Waals surface area contributed by atoms with E-state index < -0.39 is 0 Å². The van der Waals surface area contributed by atoms with Crippen molar-refractivity contribution in [2.45, 2.75) is 0 Å². The minimum atomic E-state index is 0.674. The number of pyridine rings is 1. The first-order valence-electron chi connectivity index (χ1n) is 20.3. The van der Waals surface area contributed by atoms with Gasteiger partial charge in [-0.25, -0.2) is 15.0 Å². The molecular weight excluding hydrogens is 727 g/mol. The van der Waals surface area contributed by atoms with Gasteiger partial charge >= 0.3 is 0 Å². The molecule has 10 rings (SSSR count). The molecule has 0 bridgehead atoms. The SMILES string of the molecule is c1ccc(-c2nc(-c3cccc(-c4c(-c5ccccc5)c(-c5ccccc5)nc(-c5ccccc5)c4-c4ccccc4)c3)cc(-c3ccccc3-c3ccccc3)n2)cc1. The minimum absolute atomic E-state index is 0.674. The van der Waals surface area contributed by atoms with Crippen LogP contribution in [0.4, 0.5) is 0 Å². The van der Waals surface area contributed by atoms with E-state index in [-0.39, 0.29) is 0 Å². The first-order chi connectivity index (χ1) is 29.8. The van der Waals surface area contributed by atoms with E-state index in [1.165, 1.54) is 0 Å². The summed E-state index contributed by atoms with van der Waals surface area (Å²) in [5.74, 6) is 0.674. The van der Waals surface area contributed by atoms with Gasteiger partial charge in [-0.3, -0.25) is 0 Å². The molecule has 3 nitrogen and oxygen atoms in total. The van der Waals surface area contributed by atoms with Crippen LogP contribution in [0.15, 0.2) is 237 Å². The molecule has 0 saturated carbocycles. The van der Waals surface area contributed by atoms with E-state index in [4.69, 9.17) is 15.0 Å². The van der Waals surface area contributed by atoms with Crippen molar-refractivity contribution < 1.29 is 0 Å². The summed E-state index contributed by atoms with van der Waals surface area (Å²) in [5, 5.41) is 0. The zero-order chi connectivity index (χ0) is 40.1. The van der Waals surface area contributed by atoms with E-state index in [1.807, 2.05) is 18.2 Å². The number of nitrogens with zero attached hydrogens (tertiary/aromatic N) is 3. The fourth-order valence-corrected chi connectivity index (χ4v) is 8.12. The van der Waals surface area contributed by atoms with Gasteiger partial charge in [0.05, 0.1) is 22.8 Å². The van der Waals surface area contributed by atoms with Crippen molar-refractivity contribution in [3.05, 3.63) is 237 Å². The fourth-order valence-electron chi connectivity index (χ4n) is 8.12. The van der Waals surface area contributed by atoms with E-state index in [9.17, 15) is 0 Å². The maximum Gasteiger partial charge on any atom is 0.160 e. The largest absolute Gasteiger partial charge is 0.246 e. The standard InChI is InChI=1S/C57H39N3/c1-7-22-40(23-8-1)48-36-19-20-37-49(48)51-39-50(58-57(59-51)45-32-17-6-18-33-45)46-34-21-35-47(38-46)52-53(41-24-9-2-10-25-41)55(43-28-13-4-14-29-43)60-56(44-30-15-5-16-31-44)54(52)42-26-11-3-12-27-42/h1-39H. The summed E-state index contributed by atoms with van der Waals surface area (Å²) in [5.41, 5.74) is 17.4. The van der Waals surface area contributed by atoms with Gasteiger partial charge in [0.1, 0.15) is 0 Å². The van der Waals surface area contributed by atoms with E-state index in [2.05, 4.69) is 218 Å². The number of benzene rings is 8. The fraction of sp³-hybridized carbons (Fsp3) is 0. The highest BCUT2D eigenvalue weighted by Gasteiger charge is 2.25. The maximum atomic E-state index is 5.64. The third-order valence-electron chi connectivity index (χ3n) is 10.9. The Balaban J connectivity index is 1.27. The average molecular weight is 766 g/mol. The lowest BCUT2D eigenvalue weighted by atomic mass is 9.83. The minimum Gasteiger partial charge on any atom is -0.246 e. The molecule has 0 aliphatic carbocycles. The van der Waals surface area contributed by atoms with Crippen LogP contribution in [0.1, 0.15) is 0 Å². The normalized spacial score (nSPS) is 11.0. The van der Waals surface area contributed by atoms with E-state index >= 15 is 0 Å². The molecule has 8 aromatic carbocycles. The zero-order valence-corrected chi connectivity index (χ0v) is 32.9. The van der Waals surface area contributed by atoms with Crippen LogP contribution in [-0.2, 0) is 0 Å². The van der Waals surface area contributed by atoms with Gasteiger partial charge in [-0.1, -0.05) is 224 Å². The molecule has 0 radical (unpaired) electrons. The van der Waals surface area contributed by atoms with Gasteiger partial charge in [0.15, 0.2) is 5.82 Å². The quantitative estimate of drug-likeness (QED) is 0.147. The molecule has 2 aromatic heterocycles. The highest BCUT2D eigenvalue weighted by Crippen LogP contribution is 2.49. The van der Waals surface area contributed by atoms with Crippen LogP contribution in [-0.4, -0.2) is 15.0 Å². The number of rotatable bonds is 9. The lowest BCUT2D eigenvalue weighted by Gasteiger charge is -2.23. The van der Waals surface area contributed by atoms with Crippen molar-refractivity contribution in [2.24, 2.45) is 0 Å². The predicted molar refractivity (Wildman–Crippen MR) is 249 cm³/mol. The summed E-state index contributed by atoms with van der Waals surface area (Å²) in [6.07, 6.45) is 0. The first kappa shape index (κ1) is 36.3. The molecule has 0 amide bonds. The van der Waals surface area contributed by atoms with Gasteiger partial charge in [-0.05, 0) is 39.9 Å². The summed E-state index contributed by atoms with van der Waals surface area (Å²) >= 11 is 0. The molecule has 3 heteroatoms. The van der Waals surface area contributed by atoms with Crippen LogP contribution < -0.4 is 0 Å². The van der Waals surface area contributed by atoms with Gasteiger partial charge in [0.2, 0.25) is 0 Å². The van der Waals surface area contributed by atoms with E-state index in [0.717, 1.165) is 95.1 Å². The molecule has 0 saturated heterocycles. The number of hydrogen-bond donors (Lipinski definition) is 0. The topological polar surface area (TPSA) is 38.7 Å². The van der Waals surface area contributed by atoms with E-state index in [1.54, 1.807) is 0 Å². The van der Waals surface area contributed by atoms with Crippen molar-refractivity contribution in [1.82, 2.24) is 15.0 Å². The van der Waals surface area contributed by atoms with Crippen molar-refractivity contribution in [3.63, 3.8) is 0 Å². The van der Waals surface area contributed by atoms with Crippen LogP contribution in [0.5, 0.6) is 0 Å². The Hall–Kier alpha value is -8.01. The summed E-state index contributed by atoms with van der Waals surface area (Å²) < 4.78 is 0. The average Bonchev–Trinajstić information content (AvgIpc) is 3.35. The Kier molecular flexibility index (Phi) is 9.97. The molecule has 60 heavy (non-hydrogen) atoms. The molecule has 282 valence electrons. The van der Waals surface area contributed by atoms with Gasteiger partial charge in [0.25, 0.3) is 0 Å². The van der Waals surface area contributed by atoms with E-state index in [0.29, 0.717) is 5.82 Å². The molecule has 0 aliphatic rings. The van der Waals surface area contributed by atoms with Crippen LogP contribution in [0.3, 0.4) is 0 Å². The van der Waals surface area contributed by atoms with Crippen LogP contribution in [0.2, 0.25) is 0 Å². The monoisotopic (exact) mass is 765 g/mol. The molecule has 0 unspecified atom stereocenters. The predicted octanol–water partition coefficient (Wildman–Crippen LogP) is 14.9.